The zero-order valence-corrected chi connectivity index (χ0v) is 19.4. The van der Waals surface area contributed by atoms with Gasteiger partial charge in [-0.25, -0.2) is 0 Å². The Bertz CT molecular complexity index is 794. The Morgan fingerprint density at radius 3 is 2.48 bits per heavy atom. The van der Waals surface area contributed by atoms with Crippen molar-refractivity contribution in [1.82, 2.24) is 4.90 Å². The molecule has 172 valence electrons. The van der Waals surface area contributed by atoms with Crippen LogP contribution in [0.2, 0.25) is 0 Å². The maximum Gasteiger partial charge on any atom is 0.307 e. The van der Waals surface area contributed by atoms with E-state index in [0.717, 1.165) is 17.1 Å². The first-order valence-electron chi connectivity index (χ1n) is 11.1. The number of rotatable bonds is 7. The van der Waals surface area contributed by atoms with Crippen LogP contribution in [0.25, 0.3) is 0 Å². The number of fused-ring (bicyclic) bond motifs is 1. The van der Waals surface area contributed by atoms with Crippen molar-refractivity contribution in [3.05, 3.63) is 23.8 Å². The van der Waals surface area contributed by atoms with E-state index >= 15 is 0 Å². The van der Waals surface area contributed by atoms with Gasteiger partial charge in [0.25, 0.3) is 0 Å². The molecule has 1 atom stereocenters. The predicted molar refractivity (Wildman–Crippen MR) is 116 cm³/mol. The van der Waals surface area contributed by atoms with Crippen molar-refractivity contribution in [3.63, 3.8) is 0 Å². The number of likely N-dealkylation sites (N-methyl/N-ethyl adjacent to an activating group) is 1. The maximum absolute atomic E-state index is 13.8. The summed E-state index contributed by atoms with van der Waals surface area (Å²) in [5.41, 5.74) is -0.278. The van der Waals surface area contributed by atoms with Gasteiger partial charge in [0.1, 0.15) is 5.60 Å². The monoisotopic (exact) mass is 433 g/mol. The van der Waals surface area contributed by atoms with Gasteiger partial charge < -0.3 is 23.8 Å². The van der Waals surface area contributed by atoms with Crippen molar-refractivity contribution in [1.29, 1.82) is 0 Å². The van der Waals surface area contributed by atoms with Crippen LogP contribution in [0.1, 0.15) is 59.4 Å². The second kappa shape index (κ2) is 9.47. The Kier molecular flexibility index (Phi) is 7.14. The predicted octanol–water partition coefficient (Wildman–Crippen LogP) is 3.72. The summed E-state index contributed by atoms with van der Waals surface area (Å²) in [5.74, 6) is 1.17. The highest BCUT2D eigenvalue weighted by Gasteiger charge is 2.45. The van der Waals surface area contributed by atoms with Crippen LogP contribution in [-0.4, -0.2) is 55.0 Å². The van der Waals surface area contributed by atoms with Crippen molar-refractivity contribution in [3.8, 4) is 11.5 Å². The summed E-state index contributed by atoms with van der Waals surface area (Å²) in [4.78, 5) is 28.3. The van der Waals surface area contributed by atoms with E-state index in [9.17, 15) is 9.59 Å². The van der Waals surface area contributed by atoms with Crippen molar-refractivity contribution in [2.75, 3.05) is 26.6 Å². The van der Waals surface area contributed by atoms with E-state index in [0.29, 0.717) is 39.0 Å². The van der Waals surface area contributed by atoms with Crippen molar-refractivity contribution < 1.29 is 28.5 Å². The van der Waals surface area contributed by atoms with E-state index < -0.39 is 11.0 Å². The molecule has 0 N–H and O–H groups in total. The van der Waals surface area contributed by atoms with Gasteiger partial charge in [-0.3, -0.25) is 9.59 Å². The standard InChI is InChI=1S/C24H35NO6/c1-6-25(17(2)13-18-7-8-19-20(14-18)30-16-29-19)22(27)24(9-11-28-12-10-24)15-21(26)31-23(3,4)5/h7-8,14,17H,6,9-13,15-16H2,1-5H3. The molecule has 1 amide bonds. The molecule has 0 aromatic heterocycles. The number of carbonyl (C=O) groups excluding carboxylic acids is 2. The second-order valence-electron chi connectivity index (χ2n) is 9.49. The summed E-state index contributed by atoms with van der Waals surface area (Å²) >= 11 is 0. The molecule has 1 aromatic rings. The maximum atomic E-state index is 13.8. The molecule has 0 aliphatic carbocycles. The summed E-state index contributed by atoms with van der Waals surface area (Å²) < 4.78 is 21.9. The largest absolute Gasteiger partial charge is 0.460 e. The van der Waals surface area contributed by atoms with Gasteiger partial charge in [0.15, 0.2) is 11.5 Å². The zero-order valence-electron chi connectivity index (χ0n) is 19.4. The van der Waals surface area contributed by atoms with E-state index in [-0.39, 0.29) is 31.1 Å². The third kappa shape index (κ3) is 5.70. The molecule has 1 saturated heterocycles. The quantitative estimate of drug-likeness (QED) is 0.610. The van der Waals surface area contributed by atoms with Crippen LogP contribution >= 0.6 is 0 Å². The number of nitrogens with zero attached hydrogens (tertiary/aromatic N) is 1. The van der Waals surface area contributed by atoms with E-state index in [1.165, 1.54) is 0 Å². The van der Waals surface area contributed by atoms with Crippen LogP contribution in [-0.2, 0) is 25.5 Å². The first-order valence-corrected chi connectivity index (χ1v) is 11.1. The molecular formula is C24H35NO6. The van der Waals surface area contributed by atoms with Crippen LogP contribution in [0.3, 0.4) is 0 Å². The number of benzene rings is 1. The van der Waals surface area contributed by atoms with Crippen LogP contribution in [0.4, 0.5) is 0 Å². The highest BCUT2D eigenvalue weighted by atomic mass is 16.7. The van der Waals surface area contributed by atoms with Crippen LogP contribution in [0.5, 0.6) is 11.5 Å². The first kappa shape index (κ1) is 23.4. The lowest BCUT2D eigenvalue weighted by Crippen LogP contribution is -2.51. The van der Waals surface area contributed by atoms with Gasteiger partial charge in [-0.1, -0.05) is 6.07 Å². The third-order valence-electron chi connectivity index (χ3n) is 5.91. The van der Waals surface area contributed by atoms with Crippen molar-refractivity contribution in [2.24, 2.45) is 5.41 Å². The molecule has 0 saturated carbocycles. The molecule has 0 radical (unpaired) electrons. The first-order chi connectivity index (χ1) is 14.6. The summed E-state index contributed by atoms with van der Waals surface area (Å²) in [5, 5.41) is 0. The summed E-state index contributed by atoms with van der Waals surface area (Å²) in [6, 6.07) is 5.86. The van der Waals surface area contributed by atoms with E-state index in [4.69, 9.17) is 18.9 Å². The molecule has 1 aromatic carbocycles. The Morgan fingerprint density at radius 1 is 1.16 bits per heavy atom. The second-order valence-corrected chi connectivity index (χ2v) is 9.49. The fraction of sp³-hybridized carbons (Fsp3) is 0.667. The number of hydrogen-bond acceptors (Lipinski definition) is 6. The third-order valence-corrected chi connectivity index (χ3v) is 5.91. The summed E-state index contributed by atoms with van der Waals surface area (Å²) in [6.07, 6.45) is 1.82. The number of amides is 1. The lowest BCUT2D eigenvalue weighted by atomic mass is 9.75. The van der Waals surface area contributed by atoms with E-state index in [1.807, 2.05) is 57.7 Å². The number of esters is 1. The normalized spacial score (nSPS) is 18.4. The van der Waals surface area contributed by atoms with Crippen LogP contribution in [0.15, 0.2) is 18.2 Å². The van der Waals surface area contributed by atoms with Gasteiger partial charge in [0, 0.05) is 25.8 Å². The molecule has 31 heavy (non-hydrogen) atoms. The average molecular weight is 434 g/mol. The Morgan fingerprint density at radius 2 is 1.84 bits per heavy atom. The minimum atomic E-state index is -0.778. The van der Waals surface area contributed by atoms with Crippen molar-refractivity contribution in [2.45, 2.75) is 71.9 Å². The summed E-state index contributed by atoms with van der Waals surface area (Å²) in [6.45, 7) is 11.3. The van der Waals surface area contributed by atoms with Gasteiger partial charge >= 0.3 is 5.97 Å². The van der Waals surface area contributed by atoms with Gasteiger partial charge in [-0.15, -0.1) is 0 Å². The Labute approximate surface area is 185 Å². The minimum absolute atomic E-state index is 0.0115. The highest BCUT2D eigenvalue weighted by Crippen LogP contribution is 2.38. The van der Waals surface area contributed by atoms with Crippen molar-refractivity contribution >= 4 is 11.9 Å². The molecule has 2 heterocycles. The molecule has 0 spiro atoms. The lowest BCUT2D eigenvalue weighted by molar-refractivity contribution is -0.167. The number of ether oxygens (including phenoxy) is 4. The molecule has 3 rings (SSSR count). The average Bonchev–Trinajstić information content (AvgIpc) is 3.15. The molecule has 7 nitrogen and oxygen atoms in total. The molecule has 0 bridgehead atoms. The van der Waals surface area contributed by atoms with Gasteiger partial charge in [0.2, 0.25) is 12.7 Å². The minimum Gasteiger partial charge on any atom is -0.460 e. The van der Waals surface area contributed by atoms with Crippen LogP contribution in [0, 0.1) is 5.41 Å². The van der Waals surface area contributed by atoms with Gasteiger partial charge in [-0.05, 0) is 71.6 Å². The fourth-order valence-corrected chi connectivity index (χ4v) is 4.36. The molecular weight excluding hydrogens is 398 g/mol. The smallest absolute Gasteiger partial charge is 0.307 e. The Hall–Kier alpha value is -2.28. The molecule has 1 unspecified atom stereocenters. The molecule has 2 aliphatic heterocycles. The molecule has 7 heteroatoms. The van der Waals surface area contributed by atoms with Gasteiger partial charge in [0.05, 0.1) is 11.8 Å². The van der Waals surface area contributed by atoms with E-state index in [1.54, 1.807) is 0 Å². The summed E-state index contributed by atoms with van der Waals surface area (Å²) in [7, 11) is 0. The zero-order chi connectivity index (χ0) is 22.6. The Balaban J connectivity index is 1.75. The molecule has 1 fully saturated rings. The van der Waals surface area contributed by atoms with E-state index in [2.05, 4.69) is 0 Å². The lowest BCUT2D eigenvalue weighted by Gasteiger charge is -2.41. The SMILES string of the molecule is CCN(C(=O)C1(CC(=O)OC(C)(C)C)CCOCC1)C(C)Cc1ccc2c(c1)OCO2. The topological polar surface area (TPSA) is 74.3 Å². The van der Waals surface area contributed by atoms with Gasteiger partial charge in [-0.2, -0.15) is 0 Å². The molecule has 2 aliphatic rings. The number of hydrogen-bond donors (Lipinski definition) is 0. The fourth-order valence-electron chi connectivity index (χ4n) is 4.36. The van der Waals surface area contributed by atoms with Crippen LogP contribution < -0.4 is 9.47 Å². The highest BCUT2D eigenvalue weighted by molar-refractivity contribution is 5.88. The number of carbonyl (C=O) groups is 2.